The number of carboxylic acids is 1. The number of carbonyl (C=O) groups excluding carboxylic acids is 2. The Morgan fingerprint density at radius 1 is 1.18 bits per heavy atom. The van der Waals surface area contributed by atoms with Crippen molar-refractivity contribution in [1.29, 1.82) is 0 Å². The Hall–Kier alpha value is -2.43. The van der Waals surface area contributed by atoms with Gasteiger partial charge in [-0.15, -0.1) is 0 Å². The van der Waals surface area contributed by atoms with Crippen molar-refractivity contribution in [2.24, 2.45) is 0 Å². The molecule has 0 bridgehead atoms. The molecule has 2 heterocycles. The molecule has 2 atom stereocenters. The molecule has 0 radical (unpaired) electrons. The summed E-state index contributed by atoms with van der Waals surface area (Å²) in [6.07, 6.45) is 4.33. The second-order valence-corrected chi connectivity index (χ2v) is 10.4. The summed E-state index contributed by atoms with van der Waals surface area (Å²) in [7, 11) is -4.24. The minimum absolute atomic E-state index is 0.109. The molecular weight excluding hydrogens is 470 g/mol. The van der Waals surface area contributed by atoms with Gasteiger partial charge in [-0.25, -0.2) is 8.42 Å². The van der Waals surface area contributed by atoms with Crippen LogP contribution >= 0.6 is 11.6 Å². The van der Waals surface area contributed by atoms with Crippen molar-refractivity contribution < 1.29 is 27.9 Å². The first-order valence-electron chi connectivity index (χ1n) is 10.9. The Labute approximate surface area is 198 Å². The lowest BCUT2D eigenvalue weighted by atomic mass is 10.1. The number of nitrogens with zero attached hydrogens (tertiary/aromatic N) is 3. The van der Waals surface area contributed by atoms with E-state index in [0.29, 0.717) is 28.0 Å². The summed E-state index contributed by atoms with van der Waals surface area (Å²) in [5.74, 6) is -2.10. The number of rotatable bonds is 8. The predicted molar refractivity (Wildman–Crippen MR) is 124 cm³/mol. The monoisotopic (exact) mass is 497 g/mol. The van der Waals surface area contributed by atoms with Crippen molar-refractivity contribution >= 4 is 45.5 Å². The molecule has 2 aliphatic heterocycles. The summed E-state index contributed by atoms with van der Waals surface area (Å²) in [4.78, 5) is 40.5. The molecule has 180 valence electrons. The van der Waals surface area contributed by atoms with E-state index in [1.54, 1.807) is 36.1 Å². The van der Waals surface area contributed by atoms with Crippen LogP contribution in [0.25, 0.3) is 6.08 Å². The second kappa shape index (κ2) is 10.7. The number of carbonyl (C=O) groups is 3. The van der Waals surface area contributed by atoms with E-state index < -0.39 is 40.5 Å². The van der Waals surface area contributed by atoms with Gasteiger partial charge in [-0.05, 0) is 56.4 Å². The molecule has 33 heavy (non-hydrogen) atoms. The van der Waals surface area contributed by atoms with E-state index in [-0.39, 0.29) is 18.9 Å². The van der Waals surface area contributed by atoms with Crippen LogP contribution in [0, 0.1) is 0 Å². The van der Waals surface area contributed by atoms with Crippen molar-refractivity contribution in [1.82, 2.24) is 14.1 Å². The van der Waals surface area contributed by atoms with Crippen molar-refractivity contribution in [3.63, 3.8) is 0 Å². The van der Waals surface area contributed by atoms with E-state index in [4.69, 9.17) is 11.6 Å². The molecule has 3 rings (SSSR count). The van der Waals surface area contributed by atoms with Crippen LogP contribution in [-0.4, -0.2) is 83.7 Å². The van der Waals surface area contributed by atoms with Gasteiger partial charge in [0.2, 0.25) is 21.8 Å². The average molecular weight is 498 g/mol. The first-order valence-corrected chi connectivity index (χ1v) is 12.7. The molecule has 2 amide bonds. The maximum absolute atomic E-state index is 13.1. The van der Waals surface area contributed by atoms with Crippen LogP contribution in [0.3, 0.4) is 0 Å². The number of piperidine rings is 1. The number of hydrogen-bond donors (Lipinski definition) is 1. The quantitative estimate of drug-likeness (QED) is 0.587. The minimum atomic E-state index is -4.24. The molecule has 2 saturated heterocycles. The molecule has 1 aromatic rings. The van der Waals surface area contributed by atoms with Crippen molar-refractivity contribution in [2.75, 3.05) is 26.2 Å². The van der Waals surface area contributed by atoms with Gasteiger partial charge in [-0.3, -0.25) is 14.4 Å². The van der Waals surface area contributed by atoms with E-state index >= 15 is 0 Å². The highest BCUT2D eigenvalue weighted by Gasteiger charge is 2.44. The zero-order valence-corrected chi connectivity index (χ0v) is 20.0. The van der Waals surface area contributed by atoms with Crippen LogP contribution in [0.1, 0.15) is 38.2 Å². The lowest BCUT2D eigenvalue weighted by molar-refractivity contribution is -0.145. The zero-order valence-electron chi connectivity index (χ0n) is 18.4. The van der Waals surface area contributed by atoms with Gasteiger partial charge >= 0.3 is 5.97 Å². The average Bonchev–Trinajstić information content (AvgIpc) is 3.17. The molecular formula is C22H28ClN3O6S. The van der Waals surface area contributed by atoms with Crippen molar-refractivity contribution in [2.45, 2.75) is 44.7 Å². The van der Waals surface area contributed by atoms with Crippen LogP contribution < -0.4 is 0 Å². The van der Waals surface area contributed by atoms with Gasteiger partial charge < -0.3 is 14.9 Å². The van der Waals surface area contributed by atoms with E-state index in [0.717, 1.165) is 24.7 Å². The Bertz CT molecular complexity index is 1020. The Morgan fingerprint density at radius 2 is 1.82 bits per heavy atom. The number of halogens is 1. The van der Waals surface area contributed by atoms with Crippen LogP contribution in [0.2, 0.25) is 5.02 Å². The van der Waals surface area contributed by atoms with Gasteiger partial charge in [0, 0.05) is 30.1 Å². The number of likely N-dealkylation sites (tertiary alicyclic amines) is 2. The largest absolute Gasteiger partial charge is 0.480 e. The van der Waals surface area contributed by atoms with E-state index in [1.807, 2.05) is 0 Å². The molecule has 2 aliphatic rings. The van der Waals surface area contributed by atoms with Crippen LogP contribution in [0.15, 0.2) is 29.7 Å². The van der Waals surface area contributed by atoms with E-state index in [9.17, 15) is 27.9 Å². The fourth-order valence-corrected chi connectivity index (χ4v) is 5.63. The number of aliphatic carboxylic acids is 1. The molecule has 0 spiro atoms. The highest BCUT2D eigenvalue weighted by atomic mass is 35.5. The topological polar surface area (TPSA) is 115 Å². The predicted octanol–water partition coefficient (Wildman–Crippen LogP) is 2.03. The van der Waals surface area contributed by atoms with Gasteiger partial charge in [-0.1, -0.05) is 23.7 Å². The zero-order chi connectivity index (χ0) is 24.2. The molecule has 9 nitrogen and oxygen atoms in total. The lowest BCUT2D eigenvalue weighted by Crippen LogP contribution is -2.52. The third kappa shape index (κ3) is 6.13. The van der Waals surface area contributed by atoms with Gasteiger partial charge in [0.25, 0.3) is 0 Å². The molecule has 2 fully saturated rings. The summed E-state index contributed by atoms with van der Waals surface area (Å²) in [6, 6.07) is 4.51. The summed E-state index contributed by atoms with van der Waals surface area (Å²) in [6.45, 7) is 2.24. The molecule has 1 N–H and O–H groups in total. The first kappa shape index (κ1) is 25.2. The van der Waals surface area contributed by atoms with Crippen LogP contribution in [0.5, 0.6) is 0 Å². The smallest absolute Gasteiger partial charge is 0.318 e. The van der Waals surface area contributed by atoms with Gasteiger partial charge in [0.1, 0.15) is 18.6 Å². The van der Waals surface area contributed by atoms with E-state index in [2.05, 4.69) is 0 Å². The van der Waals surface area contributed by atoms with Crippen molar-refractivity contribution in [3.8, 4) is 0 Å². The highest BCUT2D eigenvalue weighted by molar-refractivity contribution is 7.92. The standard InChI is InChI=1S/C22H28ClN3O6S/c1-16(21(29)24-11-3-2-4-12-24)25-13-9-19(22(25)30)26(15-20(27)28)33(31,32)14-10-17-5-7-18(23)8-6-17/h5-8,10,14,16,19H,2-4,9,11-13,15H2,1H3,(H,27,28)/b14-10+/t16-,19-/m0/s1. The fourth-order valence-electron chi connectivity index (χ4n) is 4.18. The normalized spacial score (nSPS) is 20.6. The number of carboxylic acid groups (broad SMARTS) is 1. The fraction of sp³-hybridized carbons (Fsp3) is 0.500. The van der Waals surface area contributed by atoms with E-state index in [1.165, 1.54) is 11.0 Å². The number of hydrogen-bond acceptors (Lipinski definition) is 5. The first-order chi connectivity index (χ1) is 15.6. The third-order valence-electron chi connectivity index (χ3n) is 5.97. The summed E-state index contributed by atoms with van der Waals surface area (Å²) >= 11 is 5.84. The second-order valence-electron chi connectivity index (χ2n) is 8.24. The van der Waals surface area contributed by atoms with Crippen molar-refractivity contribution in [3.05, 3.63) is 40.3 Å². The summed E-state index contributed by atoms with van der Waals surface area (Å²) in [5, 5.41) is 10.7. The van der Waals surface area contributed by atoms with Crippen LogP contribution in [-0.2, 0) is 24.4 Å². The number of benzene rings is 1. The Balaban J connectivity index is 1.78. The molecule has 0 aromatic heterocycles. The minimum Gasteiger partial charge on any atom is -0.480 e. The number of sulfonamides is 1. The lowest BCUT2D eigenvalue weighted by Gasteiger charge is -2.33. The van der Waals surface area contributed by atoms with Gasteiger partial charge in [-0.2, -0.15) is 4.31 Å². The maximum Gasteiger partial charge on any atom is 0.318 e. The molecule has 0 unspecified atom stereocenters. The van der Waals surface area contributed by atoms with Crippen LogP contribution in [0.4, 0.5) is 0 Å². The Kier molecular flexibility index (Phi) is 8.14. The maximum atomic E-state index is 13.1. The molecule has 1 aromatic carbocycles. The third-order valence-corrected chi connectivity index (χ3v) is 7.74. The summed E-state index contributed by atoms with van der Waals surface area (Å²) in [5.41, 5.74) is 0.554. The molecule has 11 heteroatoms. The molecule has 0 saturated carbocycles. The SMILES string of the molecule is C[C@@H](C(=O)N1CCCCC1)N1CC[C@H](N(CC(=O)O)S(=O)(=O)/C=C/c2ccc(Cl)cc2)C1=O. The Morgan fingerprint density at radius 3 is 2.42 bits per heavy atom. The van der Waals surface area contributed by atoms with Gasteiger partial charge in [0.05, 0.1) is 0 Å². The molecule has 0 aliphatic carbocycles. The highest BCUT2D eigenvalue weighted by Crippen LogP contribution is 2.25. The number of amides is 2. The van der Waals surface area contributed by atoms with Gasteiger partial charge in [0.15, 0.2) is 0 Å². The summed E-state index contributed by atoms with van der Waals surface area (Å²) < 4.78 is 26.7.